The molecule has 0 aliphatic carbocycles. The van der Waals surface area contributed by atoms with Crippen molar-refractivity contribution in [3.8, 4) is 0 Å². The van der Waals surface area contributed by atoms with E-state index in [1.54, 1.807) is 6.92 Å². The van der Waals surface area contributed by atoms with Gasteiger partial charge in [-0.25, -0.2) is 15.0 Å². The smallest absolute Gasteiger partial charge is 0.342 e. The Morgan fingerprint density at radius 3 is 2.52 bits per heavy atom. The number of amides is 2. The number of nitrogens with one attached hydrogen (secondary N) is 2. The summed E-state index contributed by atoms with van der Waals surface area (Å²) in [6, 6.07) is 0.145. The van der Waals surface area contributed by atoms with Crippen LogP contribution in [0.4, 0.5) is 19.0 Å². The number of thiazole rings is 1. The van der Waals surface area contributed by atoms with Gasteiger partial charge in [0.05, 0.1) is 29.0 Å². The van der Waals surface area contributed by atoms with Crippen LogP contribution in [-0.2, 0) is 19.1 Å². The highest BCUT2D eigenvalue weighted by atomic mass is 35.5. The number of carbonyl (C=O) groups excluding carboxylic acids is 2. The molecule has 0 fully saturated rings. The molecule has 0 saturated heterocycles. The summed E-state index contributed by atoms with van der Waals surface area (Å²) >= 11 is 6.55. The number of imidazole rings is 1. The van der Waals surface area contributed by atoms with Crippen LogP contribution in [0, 0.1) is 0 Å². The molecule has 13 heteroatoms. The van der Waals surface area contributed by atoms with Crippen LogP contribution >= 0.6 is 22.9 Å². The van der Waals surface area contributed by atoms with Crippen molar-refractivity contribution < 1.29 is 22.8 Å². The lowest BCUT2D eigenvalue weighted by Gasteiger charge is -2.13. The highest BCUT2D eigenvalue weighted by Crippen LogP contribution is 2.35. The van der Waals surface area contributed by atoms with Gasteiger partial charge in [-0.1, -0.05) is 18.5 Å². The number of pyridine rings is 1. The number of carbonyl (C=O) groups is 2. The first-order chi connectivity index (χ1) is 15.5. The maximum absolute atomic E-state index is 13.0. The Kier molecular flexibility index (Phi) is 7.38. The van der Waals surface area contributed by atoms with Crippen LogP contribution in [0.5, 0.6) is 0 Å². The van der Waals surface area contributed by atoms with Gasteiger partial charge in [-0.2, -0.15) is 13.2 Å². The molecule has 0 radical (unpaired) electrons. The number of aromatic nitrogens is 4. The van der Waals surface area contributed by atoms with Gasteiger partial charge in [0.2, 0.25) is 0 Å². The molecule has 2 N–H and O–H groups in total. The zero-order valence-electron chi connectivity index (χ0n) is 17.8. The lowest BCUT2D eigenvalue weighted by atomic mass is 10.2. The largest absolute Gasteiger partial charge is 0.418 e. The number of aryl methyl sites for hydroxylation is 1. The molecule has 0 bridgehead atoms. The fourth-order valence-corrected chi connectivity index (χ4v) is 4.08. The van der Waals surface area contributed by atoms with E-state index >= 15 is 0 Å². The fourth-order valence-electron chi connectivity index (χ4n) is 3.06. The Morgan fingerprint density at radius 1 is 1.15 bits per heavy atom. The molecule has 1 atom stereocenters. The zero-order valence-corrected chi connectivity index (χ0v) is 19.4. The molecule has 3 heterocycles. The topological polar surface area (TPSA) is 102 Å². The van der Waals surface area contributed by atoms with Gasteiger partial charge < -0.3 is 15.2 Å². The van der Waals surface area contributed by atoms with Crippen LogP contribution in [0.25, 0.3) is 0 Å². The van der Waals surface area contributed by atoms with E-state index in [1.807, 2.05) is 18.4 Å². The maximum Gasteiger partial charge on any atom is 0.418 e. The van der Waals surface area contributed by atoms with E-state index < -0.39 is 28.7 Å². The minimum Gasteiger partial charge on any atom is -0.342 e. The van der Waals surface area contributed by atoms with Gasteiger partial charge >= 0.3 is 6.18 Å². The molecule has 8 nitrogen and oxygen atoms in total. The van der Waals surface area contributed by atoms with Crippen LogP contribution in [0.1, 0.15) is 63.4 Å². The monoisotopic (exact) mass is 500 g/mol. The molecule has 0 spiro atoms. The van der Waals surface area contributed by atoms with E-state index in [0.717, 1.165) is 23.4 Å². The third kappa shape index (κ3) is 5.50. The Bertz CT molecular complexity index is 1180. The SMILES string of the molecule is CCc1ncc(C(=O)N[C@H](C)c2ncc(C(=O)Nc3cc(C(F)(F)F)c(Cl)cn3)s2)n1CC. The number of halogens is 4. The molecule has 3 aromatic heterocycles. The Hall–Kier alpha value is -2.99. The third-order valence-corrected chi connectivity index (χ3v) is 6.15. The molecule has 0 aromatic carbocycles. The third-order valence-electron chi connectivity index (χ3n) is 4.67. The molecule has 0 aliphatic rings. The first-order valence-corrected chi connectivity index (χ1v) is 11.1. The number of rotatable bonds is 7. The van der Waals surface area contributed by atoms with Crippen molar-refractivity contribution in [2.24, 2.45) is 0 Å². The van der Waals surface area contributed by atoms with Crippen LogP contribution in [0.2, 0.25) is 5.02 Å². The predicted molar refractivity (Wildman–Crippen MR) is 117 cm³/mol. The van der Waals surface area contributed by atoms with Gasteiger partial charge in [0.1, 0.15) is 27.2 Å². The van der Waals surface area contributed by atoms with E-state index in [9.17, 15) is 22.8 Å². The summed E-state index contributed by atoms with van der Waals surface area (Å²) in [5, 5.41) is 5.01. The predicted octanol–water partition coefficient (Wildman–Crippen LogP) is 4.73. The second kappa shape index (κ2) is 9.87. The molecular formula is C20H20ClF3N6O2S. The molecular weight excluding hydrogens is 481 g/mol. The van der Waals surface area contributed by atoms with E-state index in [-0.39, 0.29) is 16.6 Å². The maximum atomic E-state index is 13.0. The van der Waals surface area contributed by atoms with Gasteiger partial charge in [-0.15, -0.1) is 11.3 Å². The molecule has 33 heavy (non-hydrogen) atoms. The second-order valence-corrected chi connectivity index (χ2v) is 8.39. The standard InChI is InChI=1S/C20H20ClF3N6O2S/c1-4-16-26-8-13(30(16)5-2)17(31)28-10(3)19-27-9-14(33-19)18(32)29-15-6-11(20(22,23)24)12(21)7-25-15/h6-10H,4-5H2,1-3H3,(H,28,31)(H,25,29,32)/t10-/m1/s1. The van der Waals surface area contributed by atoms with Crippen molar-refractivity contribution in [1.82, 2.24) is 24.8 Å². The lowest BCUT2D eigenvalue weighted by molar-refractivity contribution is -0.137. The Morgan fingerprint density at radius 2 is 1.88 bits per heavy atom. The normalized spacial score (nSPS) is 12.5. The van der Waals surface area contributed by atoms with Crippen LogP contribution < -0.4 is 10.6 Å². The van der Waals surface area contributed by atoms with E-state index in [2.05, 4.69) is 25.6 Å². The summed E-state index contributed by atoms with van der Waals surface area (Å²) in [6.07, 6.45) is -0.380. The Balaban J connectivity index is 1.70. The highest BCUT2D eigenvalue weighted by Gasteiger charge is 2.34. The van der Waals surface area contributed by atoms with Crippen LogP contribution in [0.3, 0.4) is 0 Å². The summed E-state index contributed by atoms with van der Waals surface area (Å²) in [5.74, 6) is -0.514. The van der Waals surface area contributed by atoms with Gasteiger partial charge in [0.15, 0.2) is 0 Å². The molecule has 0 unspecified atom stereocenters. The summed E-state index contributed by atoms with van der Waals surface area (Å²) in [7, 11) is 0. The molecule has 3 aromatic rings. The van der Waals surface area contributed by atoms with E-state index in [4.69, 9.17) is 11.6 Å². The van der Waals surface area contributed by atoms with Gasteiger partial charge in [0, 0.05) is 19.2 Å². The van der Waals surface area contributed by atoms with Crippen LogP contribution in [0.15, 0.2) is 24.7 Å². The summed E-state index contributed by atoms with van der Waals surface area (Å²) in [5.41, 5.74) is -0.682. The number of anilines is 1. The fraction of sp³-hybridized carbons (Fsp3) is 0.350. The van der Waals surface area contributed by atoms with Crippen molar-refractivity contribution in [2.75, 3.05) is 5.32 Å². The van der Waals surface area contributed by atoms with E-state index in [1.165, 1.54) is 12.4 Å². The summed E-state index contributed by atoms with van der Waals surface area (Å²) in [4.78, 5) is 37.4. The number of alkyl halides is 3. The lowest BCUT2D eigenvalue weighted by Crippen LogP contribution is -2.28. The molecule has 0 saturated carbocycles. The summed E-state index contributed by atoms with van der Waals surface area (Å²) in [6.45, 7) is 6.17. The summed E-state index contributed by atoms with van der Waals surface area (Å²) < 4.78 is 40.8. The average Bonchev–Trinajstić information content (AvgIpc) is 3.41. The van der Waals surface area contributed by atoms with Crippen molar-refractivity contribution in [1.29, 1.82) is 0 Å². The zero-order chi connectivity index (χ0) is 24.3. The quantitative estimate of drug-likeness (QED) is 0.488. The number of nitrogens with zero attached hydrogens (tertiary/aromatic N) is 4. The van der Waals surface area contributed by atoms with Crippen molar-refractivity contribution in [3.63, 3.8) is 0 Å². The van der Waals surface area contributed by atoms with Gasteiger partial charge in [-0.3, -0.25) is 9.59 Å². The minimum atomic E-state index is -4.68. The first kappa shape index (κ1) is 24.6. The average molecular weight is 501 g/mol. The molecule has 176 valence electrons. The van der Waals surface area contributed by atoms with Crippen molar-refractivity contribution in [2.45, 2.75) is 46.0 Å². The van der Waals surface area contributed by atoms with Gasteiger partial charge in [0.25, 0.3) is 11.8 Å². The second-order valence-electron chi connectivity index (χ2n) is 6.92. The van der Waals surface area contributed by atoms with Crippen molar-refractivity contribution >= 4 is 40.6 Å². The first-order valence-electron chi connectivity index (χ1n) is 9.90. The van der Waals surface area contributed by atoms with E-state index in [0.29, 0.717) is 29.7 Å². The number of hydrogen-bond donors (Lipinski definition) is 2. The Labute approximate surface area is 196 Å². The van der Waals surface area contributed by atoms with Crippen molar-refractivity contribution in [3.05, 3.63) is 56.6 Å². The number of hydrogen-bond acceptors (Lipinski definition) is 6. The van der Waals surface area contributed by atoms with Gasteiger partial charge in [-0.05, 0) is 19.9 Å². The molecule has 3 rings (SSSR count). The van der Waals surface area contributed by atoms with Crippen LogP contribution in [-0.4, -0.2) is 31.3 Å². The highest BCUT2D eigenvalue weighted by molar-refractivity contribution is 7.13. The molecule has 0 aliphatic heterocycles. The molecule has 2 amide bonds. The minimum absolute atomic E-state index is 0.142.